The molecular formula is C10H12BrNO. The van der Waals surface area contributed by atoms with E-state index in [0.717, 1.165) is 22.7 Å². The zero-order valence-electron chi connectivity index (χ0n) is 7.37. The fraction of sp³-hybridized carbons (Fsp3) is 0.500. The maximum absolute atomic E-state index is 5.60. The van der Waals surface area contributed by atoms with Crippen LogP contribution in [0, 0.1) is 5.92 Å². The molecule has 0 N–H and O–H groups in total. The molecule has 0 radical (unpaired) electrons. The quantitative estimate of drug-likeness (QED) is 0.812. The third kappa shape index (κ3) is 2.44. The Balaban J connectivity index is 1.86. The topological polar surface area (TPSA) is 22.1 Å². The molecule has 0 saturated heterocycles. The number of pyridine rings is 1. The third-order valence-electron chi connectivity index (χ3n) is 2.39. The third-order valence-corrected chi connectivity index (χ3v) is 2.82. The van der Waals surface area contributed by atoms with Crippen LogP contribution in [0.15, 0.2) is 22.9 Å². The minimum Gasteiger partial charge on any atom is -0.492 e. The molecule has 1 aliphatic carbocycles. The minimum absolute atomic E-state index is 0.777. The van der Waals surface area contributed by atoms with E-state index in [4.69, 9.17) is 4.74 Å². The van der Waals surface area contributed by atoms with Gasteiger partial charge >= 0.3 is 0 Å². The van der Waals surface area contributed by atoms with E-state index in [1.54, 1.807) is 12.4 Å². The van der Waals surface area contributed by atoms with Crippen molar-refractivity contribution in [1.29, 1.82) is 0 Å². The molecule has 1 aromatic heterocycles. The Hall–Kier alpha value is -0.570. The Morgan fingerprint density at radius 1 is 1.46 bits per heavy atom. The smallest absolute Gasteiger partial charge is 0.138 e. The lowest BCUT2D eigenvalue weighted by Crippen LogP contribution is -2.19. The van der Waals surface area contributed by atoms with Crippen LogP contribution in [0.3, 0.4) is 0 Å². The van der Waals surface area contributed by atoms with E-state index in [-0.39, 0.29) is 0 Å². The molecule has 0 bridgehead atoms. The molecule has 1 aromatic rings. The van der Waals surface area contributed by atoms with Gasteiger partial charge in [-0.2, -0.15) is 0 Å². The van der Waals surface area contributed by atoms with Crippen molar-refractivity contribution in [2.24, 2.45) is 5.92 Å². The number of hydrogen-bond acceptors (Lipinski definition) is 2. The molecule has 0 atom stereocenters. The van der Waals surface area contributed by atoms with E-state index < -0.39 is 0 Å². The van der Waals surface area contributed by atoms with Crippen LogP contribution in [-0.4, -0.2) is 11.6 Å². The largest absolute Gasteiger partial charge is 0.492 e. The van der Waals surface area contributed by atoms with Gasteiger partial charge in [-0.25, -0.2) is 0 Å². The Morgan fingerprint density at radius 2 is 2.31 bits per heavy atom. The van der Waals surface area contributed by atoms with Gasteiger partial charge in [0.05, 0.1) is 12.8 Å². The molecule has 0 unspecified atom stereocenters. The van der Waals surface area contributed by atoms with E-state index in [1.165, 1.54) is 19.3 Å². The molecule has 1 fully saturated rings. The molecule has 0 aliphatic heterocycles. The van der Waals surface area contributed by atoms with Gasteiger partial charge in [0.1, 0.15) is 5.75 Å². The second-order valence-corrected chi connectivity index (χ2v) is 4.36. The summed E-state index contributed by atoms with van der Waals surface area (Å²) in [6.45, 7) is 0.845. The van der Waals surface area contributed by atoms with Gasteiger partial charge in [0.25, 0.3) is 0 Å². The summed E-state index contributed by atoms with van der Waals surface area (Å²) in [4.78, 5) is 4.03. The van der Waals surface area contributed by atoms with Gasteiger partial charge in [0.2, 0.25) is 0 Å². The molecule has 0 amide bonds. The van der Waals surface area contributed by atoms with Crippen molar-refractivity contribution in [1.82, 2.24) is 4.98 Å². The highest BCUT2D eigenvalue weighted by atomic mass is 79.9. The van der Waals surface area contributed by atoms with Crippen LogP contribution in [0.4, 0.5) is 0 Å². The van der Waals surface area contributed by atoms with Crippen LogP contribution < -0.4 is 4.74 Å². The normalized spacial score (nSPS) is 16.7. The second kappa shape index (κ2) is 4.09. The van der Waals surface area contributed by atoms with Crippen LogP contribution in [0.25, 0.3) is 0 Å². The summed E-state index contributed by atoms with van der Waals surface area (Å²) in [6.07, 6.45) is 7.52. The number of halogens is 1. The lowest BCUT2D eigenvalue weighted by atomic mass is 9.86. The Bertz CT molecular complexity index is 286. The van der Waals surface area contributed by atoms with Gasteiger partial charge in [-0.05, 0) is 40.8 Å². The number of hydrogen-bond donors (Lipinski definition) is 0. The number of aromatic nitrogens is 1. The summed E-state index contributed by atoms with van der Waals surface area (Å²) < 4.78 is 6.57. The van der Waals surface area contributed by atoms with E-state index in [0.29, 0.717) is 0 Å². The standard InChI is InChI=1S/C10H12BrNO/c11-9-4-10(6-12-5-9)13-7-8-2-1-3-8/h4-6,8H,1-3,7H2. The summed E-state index contributed by atoms with van der Waals surface area (Å²) in [5, 5.41) is 0. The fourth-order valence-corrected chi connectivity index (χ4v) is 1.69. The van der Waals surface area contributed by atoms with Gasteiger partial charge in [-0.15, -0.1) is 0 Å². The first-order valence-electron chi connectivity index (χ1n) is 4.58. The SMILES string of the molecule is Brc1cncc(OCC2CCC2)c1. The predicted molar refractivity (Wildman–Crippen MR) is 54.8 cm³/mol. The average molecular weight is 242 g/mol. The Morgan fingerprint density at radius 3 is 2.92 bits per heavy atom. The van der Waals surface area contributed by atoms with E-state index in [2.05, 4.69) is 20.9 Å². The van der Waals surface area contributed by atoms with E-state index in [1.807, 2.05) is 6.07 Å². The molecule has 0 spiro atoms. The molecule has 13 heavy (non-hydrogen) atoms. The summed E-state index contributed by atoms with van der Waals surface area (Å²) in [6, 6.07) is 1.95. The number of ether oxygens (including phenoxy) is 1. The number of rotatable bonds is 3. The van der Waals surface area contributed by atoms with E-state index >= 15 is 0 Å². The maximum atomic E-state index is 5.60. The van der Waals surface area contributed by atoms with Gasteiger partial charge in [0, 0.05) is 10.7 Å². The highest BCUT2D eigenvalue weighted by Crippen LogP contribution is 2.27. The lowest BCUT2D eigenvalue weighted by Gasteiger charge is -2.24. The van der Waals surface area contributed by atoms with Crippen LogP contribution in [0.5, 0.6) is 5.75 Å². The van der Waals surface area contributed by atoms with Gasteiger partial charge in [0.15, 0.2) is 0 Å². The molecule has 2 rings (SSSR count). The summed E-state index contributed by atoms with van der Waals surface area (Å²) in [5.41, 5.74) is 0. The molecule has 0 aromatic carbocycles. The first kappa shape index (κ1) is 9.00. The Labute approximate surface area is 86.5 Å². The summed E-state index contributed by atoms with van der Waals surface area (Å²) >= 11 is 3.36. The van der Waals surface area contributed by atoms with Crippen molar-refractivity contribution in [2.75, 3.05) is 6.61 Å². The van der Waals surface area contributed by atoms with Gasteiger partial charge in [-0.3, -0.25) is 4.98 Å². The predicted octanol–water partition coefficient (Wildman–Crippen LogP) is 3.02. The molecule has 1 saturated carbocycles. The van der Waals surface area contributed by atoms with Crippen LogP contribution in [0.1, 0.15) is 19.3 Å². The average Bonchev–Trinajstić information content (AvgIpc) is 2.01. The highest BCUT2D eigenvalue weighted by Gasteiger charge is 2.17. The molecular weight excluding hydrogens is 230 g/mol. The van der Waals surface area contributed by atoms with Crippen molar-refractivity contribution in [3.8, 4) is 5.75 Å². The van der Waals surface area contributed by atoms with E-state index in [9.17, 15) is 0 Å². The first-order chi connectivity index (χ1) is 6.34. The molecule has 70 valence electrons. The zero-order chi connectivity index (χ0) is 9.10. The number of nitrogens with zero attached hydrogens (tertiary/aromatic N) is 1. The van der Waals surface area contributed by atoms with Crippen molar-refractivity contribution in [2.45, 2.75) is 19.3 Å². The minimum atomic E-state index is 0.777. The van der Waals surface area contributed by atoms with Crippen LogP contribution in [-0.2, 0) is 0 Å². The Kier molecular flexibility index (Phi) is 2.83. The van der Waals surface area contributed by atoms with Crippen molar-refractivity contribution in [3.63, 3.8) is 0 Å². The first-order valence-corrected chi connectivity index (χ1v) is 5.37. The molecule has 3 heteroatoms. The highest BCUT2D eigenvalue weighted by molar-refractivity contribution is 9.10. The zero-order valence-corrected chi connectivity index (χ0v) is 8.96. The van der Waals surface area contributed by atoms with Crippen molar-refractivity contribution in [3.05, 3.63) is 22.9 Å². The molecule has 1 aliphatic rings. The summed E-state index contributed by atoms with van der Waals surface area (Å²) in [7, 11) is 0. The van der Waals surface area contributed by atoms with Crippen LogP contribution in [0.2, 0.25) is 0 Å². The maximum Gasteiger partial charge on any atom is 0.138 e. The monoisotopic (exact) mass is 241 g/mol. The van der Waals surface area contributed by atoms with Gasteiger partial charge in [-0.1, -0.05) is 6.42 Å². The molecule has 1 heterocycles. The second-order valence-electron chi connectivity index (χ2n) is 3.45. The van der Waals surface area contributed by atoms with Crippen molar-refractivity contribution < 1.29 is 4.74 Å². The van der Waals surface area contributed by atoms with Crippen molar-refractivity contribution >= 4 is 15.9 Å². The molecule has 2 nitrogen and oxygen atoms in total. The van der Waals surface area contributed by atoms with Crippen LogP contribution >= 0.6 is 15.9 Å². The lowest BCUT2D eigenvalue weighted by molar-refractivity contribution is 0.180. The van der Waals surface area contributed by atoms with Gasteiger partial charge < -0.3 is 4.74 Å². The fourth-order valence-electron chi connectivity index (χ4n) is 1.34. The summed E-state index contributed by atoms with van der Waals surface area (Å²) in [5.74, 6) is 1.64.